The molecule has 4 nitrogen and oxygen atoms in total. The largest absolute Gasteiger partial charge is 0.489 e. The van der Waals surface area contributed by atoms with E-state index in [-0.39, 0.29) is 5.97 Å². The molecule has 2 aromatic carbocycles. The minimum Gasteiger partial charge on any atom is -0.489 e. The molecule has 4 heteroatoms. The van der Waals surface area contributed by atoms with Crippen molar-refractivity contribution in [3.05, 3.63) is 95.8 Å². The van der Waals surface area contributed by atoms with Crippen molar-refractivity contribution < 1.29 is 14.3 Å². The Hall–Kier alpha value is -3.14. The molecule has 0 bridgehead atoms. The summed E-state index contributed by atoms with van der Waals surface area (Å²) in [5, 5.41) is 0. The highest BCUT2D eigenvalue weighted by Gasteiger charge is 2.07. The molecule has 132 valence electrons. The summed E-state index contributed by atoms with van der Waals surface area (Å²) in [4.78, 5) is 16.2. The van der Waals surface area contributed by atoms with Crippen LogP contribution in [0.5, 0.6) is 5.75 Å². The Morgan fingerprint density at radius 2 is 1.69 bits per heavy atom. The van der Waals surface area contributed by atoms with Gasteiger partial charge in [0.05, 0.1) is 12.2 Å². The van der Waals surface area contributed by atoms with E-state index in [4.69, 9.17) is 9.47 Å². The smallest absolute Gasteiger partial charge is 0.338 e. The molecule has 3 rings (SSSR count). The fourth-order valence-electron chi connectivity index (χ4n) is 2.49. The zero-order chi connectivity index (χ0) is 18.0. The van der Waals surface area contributed by atoms with Gasteiger partial charge >= 0.3 is 5.97 Å². The van der Waals surface area contributed by atoms with Gasteiger partial charge in [-0.1, -0.05) is 36.4 Å². The van der Waals surface area contributed by atoms with Crippen LogP contribution in [0.4, 0.5) is 0 Å². The maximum Gasteiger partial charge on any atom is 0.338 e. The van der Waals surface area contributed by atoms with Gasteiger partial charge in [-0.05, 0) is 54.3 Å². The lowest BCUT2D eigenvalue weighted by atomic mass is 10.1. The van der Waals surface area contributed by atoms with Gasteiger partial charge < -0.3 is 9.47 Å². The van der Waals surface area contributed by atoms with Crippen molar-refractivity contribution in [2.24, 2.45) is 0 Å². The van der Waals surface area contributed by atoms with Crippen LogP contribution >= 0.6 is 0 Å². The zero-order valence-electron chi connectivity index (χ0n) is 14.5. The molecule has 0 unspecified atom stereocenters. The Morgan fingerprint density at radius 3 is 2.42 bits per heavy atom. The first-order chi connectivity index (χ1) is 12.8. The standard InChI is InChI=1S/C22H21NO3/c24-22(25-15-5-7-18-6-4-14-23-16-18)20-12-10-19(11-13-20)17-26-21-8-2-1-3-9-21/h1-4,6,8-14,16H,5,7,15,17H2. The summed E-state index contributed by atoms with van der Waals surface area (Å²) < 4.78 is 11.0. The van der Waals surface area contributed by atoms with Gasteiger partial charge in [0.15, 0.2) is 0 Å². The van der Waals surface area contributed by atoms with Crippen LogP contribution in [-0.2, 0) is 17.8 Å². The van der Waals surface area contributed by atoms with Crippen molar-refractivity contribution in [1.82, 2.24) is 4.98 Å². The second-order valence-corrected chi connectivity index (χ2v) is 5.90. The second-order valence-electron chi connectivity index (χ2n) is 5.90. The molecule has 1 aromatic heterocycles. The summed E-state index contributed by atoms with van der Waals surface area (Å²) in [5.41, 5.74) is 2.70. The Labute approximate surface area is 153 Å². The predicted molar refractivity (Wildman–Crippen MR) is 100 cm³/mol. The monoisotopic (exact) mass is 347 g/mol. The number of carbonyl (C=O) groups is 1. The van der Waals surface area contributed by atoms with Crippen molar-refractivity contribution in [3.63, 3.8) is 0 Å². The van der Waals surface area contributed by atoms with E-state index >= 15 is 0 Å². The molecule has 0 spiro atoms. The summed E-state index contributed by atoms with van der Waals surface area (Å²) in [6, 6.07) is 20.9. The molecule has 0 radical (unpaired) electrons. The lowest BCUT2D eigenvalue weighted by Gasteiger charge is -2.08. The number of aromatic nitrogens is 1. The number of aryl methyl sites for hydroxylation is 1. The molecule has 0 saturated carbocycles. The van der Waals surface area contributed by atoms with Crippen molar-refractivity contribution >= 4 is 5.97 Å². The van der Waals surface area contributed by atoms with Gasteiger partial charge in [-0.3, -0.25) is 4.98 Å². The van der Waals surface area contributed by atoms with Crippen LogP contribution in [0.25, 0.3) is 0 Å². The number of benzene rings is 2. The summed E-state index contributed by atoms with van der Waals surface area (Å²) in [7, 11) is 0. The van der Waals surface area contributed by atoms with Gasteiger partial charge in [0.25, 0.3) is 0 Å². The molecule has 3 aromatic rings. The van der Waals surface area contributed by atoms with Gasteiger partial charge in [0, 0.05) is 12.4 Å². The number of esters is 1. The summed E-state index contributed by atoms with van der Waals surface area (Å²) >= 11 is 0. The van der Waals surface area contributed by atoms with Gasteiger partial charge in [-0.2, -0.15) is 0 Å². The Morgan fingerprint density at radius 1 is 0.885 bits per heavy atom. The van der Waals surface area contributed by atoms with Crippen LogP contribution in [0.15, 0.2) is 79.1 Å². The average Bonchev–Trinajstić information content (AvgIpc) is 2.71. The minimum absolute atomic E-state index is 0.299. The molecule has 26 heavy (non-hydrogen) atoms. The van der Waals surface area contributed by atoms with Crippen LogP contribution in [0, 0.1) is 0 Å². The molecule has 0 amide bonds. The number of carbonyl (C=O) groups excluding carboxylic acids is 1. The second kappa shape index (κ2) is 9.37. The summed E-state index contributed by atoms with van der Waals surface area (Å²) in [5.74, 6) is 0.524. The molecule has 0 saturated heterocycles. The summed E-state index contributed by atoms with van der Waals surface area (Å²) in [6.07, 6.45) is 5.20. The van der Waals surface area contributed by atoms with Crippen LogP contribution in [0.2, 0.25) is 0 Å². The molecule has 0 aliphatic carbocycles. The minimum atomic E-state index is -0.299. The maximum atomic E-state index is 12.1. The van der Waals surface area contributed by atoms with Gasteiger partial charge in [-0.15, -0.1) is 0 Å². The number of pyridine rings is 1. The third-order valence-electron chi connectivity index (χ3n) is 3.90. The van der Waals surface area contributed by atoms with Crippen molar-refractivity contribution in [1.29, 1.82) is 0 Å². The highest BCUT2D eigenvalue weighted by Crippen LogP contribution is 2.13. The van der Waals surface area contributed by atoms with Crippen LogP contribution < -0.4 is 4.74 Å². The van der Waals surface area contributed by atoms with E-state index in [2.05, 4.69) is 4.98 Å². The third-order valence-corrected chi connectivity index (χ3v) is 3.90. The number of rotatable bonds is 8. The first kappa shape index (κ1) is 17.7. The lowest BCUT2D eigenvalue weighted by Crippen LogP contribution is -2.07. The van der Waals surface area contributed by atoms with Crippen LogP contribution in [0.3, 0.4) is 0 Å². The van der Waals surface area contributed by atoms with Gasteiger partial charge in [-0.25, -0.2) is 4.79 Å². The first-order valence-corrected chi connectivity index (χ1v) is 8.64. The third kappa shape index (κ3) is 5.45. The first-order valence-electron chi connectivity index (χ1n) is 8.64. The SMILES string of the molecule is O=C(OCCCc1cccnc1)c1ccc(COc2ccccc2)cc1. The highest BCUT2D eigenvalue weighted by molar-refractivity contribution is 5.89. The van der Waals surface area contributed by atoms with Crippen molar-refractivity contribution in [2.45, 2.75) is 19.4 Å². The van der Waals surface area contributed by atoms with E-state index in [9.17, 15) is 4.79 Å². The summed E-state index contributed by atoms with van der Waals surface area (Å²) in [6.45, 7) is 0.858. The van der Waals surface area contributed by atoms with E-state index in [1.54, 1.807) is 18.3 Å². The van der Waals surface area contributed by atoms with E-state index < -0.39 is 0 Å². The molecular weight excluding hydrogens is 326 g/mol. The van der Waals surface area contributed by atoms with Crippen LogP contribution in [-0.4, -0.2) is 17.6 Å². The predicted octanol–water partition coefficient (Wildman–Crippen LogP) is 4.45. The van der Waals surface area contributed by atoms with E-state index in [1.807, 2.05) is 60.8 Å². The lowest BCUT2D eigenvalue weighted by molar-refractivity contribution is 0.0500. The fraction of sp³-hybridized carbons (Fsp3) is 0.182. The Balaban J connectivity index is 1.41. The maximum absolute atomic E-state index is 12.1. The number of hydrogen-bond donors (Lipinski definition) is 0. The topological polar surface area (TPSA) is 48.4 Å². The van der Waals surface area contributed by atoms with E-state index in [0.29, 0.717) is 18.8 Å². The van der Waals surface area contributed by atoms with Gasteiger partial charge in [0.2, 0.25) is 0 Å². The van der Waals surface area contributed by atoms with Crippen molar-refractivity contribution in [3.8, 4) is 5.75 Å². The molecule has 1 heterocycles. The zero-order valence-corrected chi connectivity index (χ0v) is 14.5. The molecule has 0 fully saturated rings. The Kier molecular flexibility index (Phi) is 6.37. The number of para-hydroxylation sites is 1. The molecular formula is C22H21NO3. The molecule has 0 N–H and O–H groups in total. The molecule has 0 aliphatic rings. The normalized spacial score (nSPS) is 10.3. The van der Waals surface area contributed by atoms with Crippen molar-refractivity contribution in [2.75, 3.05) is 6.61 Å². The molecule has 0 aliphatic heterocycles. The number of nitrogens with zero attached hydrogens (tertiary/aromatic N) is 1. The van der Waals surface area contributed by atoms with Gasteiger partial charge in [0.1, 0.15) is 12.4 Å². The average molecular weight is 347 g/mol. The molecule has 0 atom stereocenters. The highest BCUT2D eigenvalue weighted by atomic mass is 16.5. The fourth-order valence-corrected chi connectivity index (χ4v) is 2.49. The number of ether oxygens (including phenoxy) is 2. The quantitative estimate of drug-likeness (QED) is 0.446. The van der Waals surface area contributed by atoms with E-state index in [0.717, 1.165) is 29.7 Å². The number of hydrogen-bond acceptors (Lipinski definition) is 4. The Bertz CT molecular complexity index is 802. The van der Waals surface area contributed by atoms with E-state index in [1.165, 1.54) is 0 Å². The van der Waals surface area contributed by atoms with Crippen LogP contribution in [0.1, 0.15) is 27.9 Å².